The molecule has 0 N–H and O–H groups in total. The van der Waals surface area contributed by atoms with Crippen LogP contribution in [-0.4, -0.2) is 5.60 Å². The Morgan fingerprint density at radius 2 is 1.80 bits per heavy atom. The Labute approximate surface area is 72.9 Å². The Kier molecular flexibility index (Phi) is 9.55. The fraction of sp³-hybridized carbons (Fsp3) is 0.714. The molecular weight excluding hydrogens is 181 g/mol. The van der Waals surface area contributed by atoms with Gasteiger partial charge in [-0.25, -0.2) is 0 Å². The minimum atomic E-state index is -0.514. The number of hydrogen-bond acceptors (Lipinski definition) is 2. The molecule has 10 heavy (non-hydrogen) atoms. The van der Waals surface area contributed by atoms with Crippen LogP contribution in [0.5, 0.6) is 0 Å². The summed E-state index contributed by atoms with van der Waals surface area (Å²) in [5.41, 5.74) is -0.514. The number of allylic oxidation sites excluding steroid dienone is 1. The molecule has 56 valence electrons. The van der Waals surface area contributed by atoms with Crippen LogP contribution in [0.1, 0.15) is 20.8 Å². The smallest absolute Gasteiger partial charge is 0.0474 e. The molecule has 0 fully saturated rings. The van der Waals surface area contributed by atoms with Crippen LogP contribution >= 0.6 is 0 Å². The summed E-state index contributed by atoms with van der Waals surface area (Å²) in [5, 5.41) is 10.7. The Balaban J connectivity index is 0. The first-order chi connectivity index (χ1) is 4.47. The molecule has 0 heterocycles. The quantitative estimate of drug-likeness (QED) is 0.273. The van der Waals surface area contributed by atoms with Gasteiger partial charge in [0, 0.05) is 5.60 Å². The van der Waals surface area contributed by atoms with Crippen LogP contribution in [0.4, 0.5) is 0 Å². The zero-order chi connectivity index (χ0) is 8.62. The average Bonchev–Trinajstić information content (AvgIpc) is 1.87. The van der Waals surface area contributed by atoms with Gasteiger partial charge in [-0.15, -0.1) is 0 Å². The third-order valence-corrected chi connectivity index (χ3v) is 1.31. The van der Waals surface area contributed by atoms with Crippen molar-refractivity contribution in [1.82, 2.24) is 0 Å². The summed E-state index contributed by atoms with van der Waals surface area (Å²) in [5.74, 6) is 0. The number of hydrogen-bond donors (Lipinski definition) is 0. The molecule has 0 aliphatic heterocycles. The average molecular weight is 196 g/mol. The normalized spacial score (nSPS) is 9.80. The molecule has 0 radical (unpaired) electrons. The van der Waals surface area contributed by atoms with Crippen LogP contribution < -0.4 is 5.26 Å². The molecule has 0 aliphatic carbocycles. The minimum absolute atomic E-state index is 0.514. The zero-order valence-corrected chi connectivity index (χ0v) is 9.98. The summed E-state index contributed by atoms with van der Waals surface area (Å²) in [6.07, 6.45) is 1.93. The maximum atomic E-state index is 9.45. The molecule has 0 saturated carbocycles. The molecule has 0 aromatic heterocycles. The fourth-order valence-electron chi connectivity index (χ4n) is 0. The van der Waals surface area contributed by atoms with Crippen molar-refractivity contribution < 1.29 is 28.4 Å². The molecule has 0 aliphatic rings. The van der Waals surface area contributed by atoms with E-state index in [0.717, 1.165) is 0 Å². The van der Waals surface area contributed by atoms with Crippen molar-refractivity contribution in [3.8, 4) is 0 Å². The Morgan fingerprint density at radius 3 is 1.80 bits per heavy atom. The largest absolute Gasteiger partial charge is 0.723 e. The van der Waals surface area contributed by atoms with E-state index in [-0.39, 0.29) is 0 Å². The maximum Gasteiger partial charge on any atom is 0.0474 e. The third-order valence-electron chi connectivity index (χ3n) is 0.454. The van der Waals surface area contributed by atoms with Gasteiger partial charge in [0.15, 0.2) is 0 Å². The minimum Gasteiger partial charge on any atom is -0.723 e. The first-order valence-corrected chi connectivity index (χ1v) is 5.29. The summed E-state index contributed by atoms with van der Waals surface area (Å²) in [6.45, 7) is 8.64. The van der Waals surface area contributed by atoms with Gasteiger partial charge < -0.3 is 10.1 Å². The third kappa shape index (κ3) is 23.9. The van der Waals surface area contributed by atoms with Crippen molar-refractivity contribution in [3.63, 3.8) is 0 Å². The van der Waals surface area contributed by atoms with Gasteiger partial charge in [-0.05, 0) is 20.8 Å². The van der Waals surface area contributed by atoms with E-state index in [2.05, 4.69) is 11.5 Å². The van der Waals surface area contributed by atoms with Gasteiger partial charge in [0.25, 0.3) is 0 Å². The Bertz CT molecular complexity index is 76.2. The Morgan fingerprint density at radius 1 is 1.60 bits per heavy atom. The standard InChI is InChI=1S/C4H10O2.C3H5.Zn/c1-4(2,3)6-5;1-3-2;/h5H,1-3H3;3H,1-2H2;/q;;+1/p-1. The van der Waals surface area contributed by atoms with E-state index < -0.39 is 5.60 Å². The molecular formula is C7H14O2Zn. The maximum absolute atomic E-state index is 9.45. The summed E-state index contributed by atoms with van der Waals surface area (Å²) in [6, 6.07) is 0. The van der Waals surface area contributed by atoms with E-state index in [0.29, 0.717) is 0 Å². The molecule has 0 rings (SSSR count). The van der Waals surface area contributed by atoms with Crippen molar-refractivity contribution >= 4 is 0 Å². The van der Waals surface area contributed by atoms with Crippen molar-refractivity contribution in [2.75, 3.05) is 0 Å². The molecule has 0 bridgehead atoms. The van der Waals surface area contributed by atoms with Gasteiger partial charge in [-0.2, -0.15) is 0 Å². The second-order valence-electron chi connectivity index (χ2n) is 2.77. The van der Waals surface area contributed by atoms with E-state index in [1.807, 2.05) is 6.08 Å². The Hall–Kier alpha value is 0.283. The monoisotopic (exact) mass is 194 g/mol. The van der Waals surface area contributed by atoms with Gasteiger partial charge in [0.05, 0.1) is 0 Å². The fourth-order valence-corrected chi connectivity index (χ4v) is 0. The summed E-state index contributed by atoms with van der Waals surface area (Å²) in [7, 11) is 0. The van der Waals surface area contributed by atoms with Gasteiger partial charge in [0.1, 0.15) is 0 Å². The van der Waals surface area contributed by atoms with Crippen LogP contribution in [0, 0.1) is 0 Å². The van der Waals surface area contributed by atoms with Gasteiger partial charge >= 0.3 is 36.0 Å². The second kappa shape index (κ2) is 7.39. The first kappa shape index (κ1) is 12.9. The van der Waals surface area contributed by atoms with Crippen LogP contribution in [0.25, 0.3) is 0 Å². The van der Waals surface area contributed by atoms with Crippen LogP contribution in [0.3, 0.4) is 0 Å². The van der Waals surface area contributed by atoms with Crippen molar-refractivity contribution in [2.45, 2.75) is 31.4 Å². The van der Waals surface area contributed by atoms with E-state index in [1.165, 1.54) is 23.3 Å². The van der Waals surface area contributed by atoms with Gasteiger partial charge in [-0.3, -0.25) is 0 Å². The summed E-state index contributed by atoms with van der Waals surface area (Å²) in [4.78, 5) is 3.69. The van der Waals surface area contributed by atoms with E-state index in [1.54, 1.807) is 20.8 Å². The molecule has 0 saturated heterocycles. The molecule has 0 aromatic carbocycles. The summed E-state index contributed by atoms with van der Waals surface area (Å²) < 4.78 is 0. The molecule has 0 amide bonds. The second-order valence-corrected chi connectivity index (χ2v) is 3.98. The first-order valence-electron chi connectivity index (χ1n) is 3.19. The van der Waals surface area contributed by atoms with Gasteiger partial charge in [-0.1, -0.05) is 0 Å². The zero-order valence-electron chi connectivity index (χ0n) is 7.02. The predicted molar refractivity (Wildman–Crippen MR) is 35.8 cm³/mol. The number of rotatable bonds is 1. The van der Waals surface area contributed by atoms with E-state index in [9.17, 15) is 5.26 Å². The van der Waals surface area contributed by atoms with Gasteiger partial charge in [0.2, 0.25) is 0 Å². The SMILES string of the molecule is C=C[CH2][Zn+].CC(C)(C)O[O-]. The molecule has 0 atom stereocenters. The van der Waals surface area contributed by atoms with Crippen LogP contribution in [0.2, 0.25) is 5.02 Å². The molecule has 0 spiro atoms. The molecule has 0 aromatic rings. The molecule has 0 unspecified atom stereocenters. The predicted octanol–water partition coefficient (Wildman–Crippen LogP) is 1.21. The van der Waals surface area contributed by atoms with Crippen LogP contribution in [0.15, 0.2) is 12.7 Å². The summed E-state index contributed by atoms with van der Waals surface area (Å²) >= 11 is 1.35. The molecule has 2 nitrogen and oxygen atoms in total. The molecule has 3 heteroatoms. The van der Waals surface area contributed by atoms with Crippen LogP contribution in [-0.2, 0) is 23.2 Å². The van der Waals surface area contributed by atoms with E-state index in [4.69, 9.17) is 0 Å². The van der Waals surface area contributed by atoms with Crippen molar-refractivity contribution in [2.24, 2.45) is 0 Å². The van der Waals surface area contributed by atoms with Crippen molar-refractivity contribution in [3.05, 3.63) is 12.7 Å². The topological polar surface area (TPSA) is 32.3 Å². The van der Waals surface area contributed by atoms with Crippen molar-refractivity contribution in [1.29, 1.82) is 0 Å². The van der Waals surface area contributed by atoms with E-state index >= 15 is 0 Å².